The maximum atomic E-state index is 12.8. The number of carbonyl (C=O) groups is 1. The van der Waals surface area contributed by atoms with E-state index in [1.807, 2.05) is 25.1 Å². The van der Waals surface area contributed by atoms with Gasteiger partial charge < -0.3 is 21.5 Å². The zero-order chi connectivity index (χ0) is 22.4. The molecule has 0 saturated carbocycles. The summed E-state index contributed by atoms with van der Waals surface area (Å²) < 4.78 is 1.37. The first kappa shape index (κ1) is 21.8. The number of aromatic hydroxyl groups is 1. The van der Waals surface area contributed by atoms with Gasteiger partial charge in [-0.25, -0.2) is 9.97 Å². The van der Waals surface area contributed by atoms with Crippen molar-refractivity contribution in [3.05, 3.63) is 75.5 Å². The molecule has 5 N–H and O–H groups in total. The zero-order valence-corrected chi connectivity index (χ0v) is 17.6. The van der Waals surface area contributed by atoms with Gasteiger partial charge in [0.1, 0.15) is 18.1 Å². The van der Waals surface area contributed by atoms with Crippen LogP contribution < -0.4 is 21.9 Å². The van der Waals surface area contributed by atoms with Crippen LogP contribution >= 0.6 is 0 Å². The van der Waals surface area contributed by atoms with Crippen molar-refractivity contribution in [2.24, 2.45) is 0 Å². The zero-order valence-electron chi connectivity index (χ0n) is 17.6. The Hall–Kier alpha value is -3.88. The number of nitrogen functional groups attached to an aromatic ring is 1. The number of aryl methyl sites for hydroxylation is 2. The SMILES string of the molecule is Cc1nc(N)ccc1CNC(=O)Cn1c(C)cnc(NCCc2ccccc2O)c1=O. The number of amides is 1. The molecule has 0 fully saturated rings. The maximum absolute atomic E-state index is 12.8. The van der Waals surface area contributed by atoms with Gasteiger partial charge in [-0.15, -0.1) is 0 Å². The number of nitrogens with two attached hydrogens (primary N) is 1. The standard InChI is InChI=1S/C22H26N6O3/c1-14-11-26-21(24-10-9-16-5-3-4-6-18(16)29)22(31)28(14)13-20(30)25-12-17-7-8-19(23)27-15(17)2/h3-8,11,29H,9-10,12-13H2,1-2H3,(H2,23,27)(H,24,26)(H,25,30). The minimum Gasteiger partial charge on any atom is -0.508 e. The number of phenols is 1. The Labute approximate surface area is 180 Å². The highest BCUT2D eigenvalue weighted by atomic mass is 16.3. The molecule has 162 valence electrons. The molecule has 0 saturated heterocycles. The molecular weight excluding hydrogens is 396 g/mol. The molecule has 3 rings (SSSR count). The summed E-state index contributed by atoms with van der Waals surface area (Å²) in [5.41, 5.74) is 8.22. The number of aromatic nitrogens is 3. The summed E-state index contributed by atoms with van der Waals surface area (Å²) in [6, 6.07) is 10.5. The molecule has 31 heavy (non-hydrogen) atoms. The van der Waals surface area contributed by atoms with Crippen LogP contribution in [-0.2, 0) is 24.3 Å². The first-order chi connectivity index (χ1) is 14.8. The first-order valence-electron chi connectivity index (χ1n) is 9.91. The number of hydrogen-bond acceptors (Lipinski definition) is 7. The van der Waals surface area contributed by atoms with E-state index in [-0.39, 0.29) is 29.6 Å². The molecule has 0 unspecified atom stereocenters. The lowest BCUT2D eigenvalue weighted by atomic mass is 10.1. The lowest BCUT2D eigenvalue weighted by molar-refractivity contribution is -0.121. The van der Waals surface area contributed by atoms with Crippen molar-refractivity contribution in [3.8, 4) is 5.75 Å². The number of phenolic OH excluding ortho intramolecular Hbond substituents is 1. The van der Waals surface area contributed by atoms with Gasteiger partial charge in [-0.05, 0) is 43.5 Å². The van der Waals surface area contributed by atoms with E-state index in [4.69, 9.17) is 5.73 Å². The molecule has 0 aliphatic heterocycles. The molecular formula is C22H26N6O3. The fourth-order valence-electron chi connectivity index (χ4n) is 3.12. The molecule has 2 heterocycles. The van der Waals surface area contributed by atoms with Crippen LogP contribution in [0.4, 0.5) is 11.6 Å². The number of nitrogens with zero attached hydrogens (tertiary/aromatic N) is 3. The monoisotopic (exact) mass is 422 g/mol. The number of pyridine rings is 1. The van der Waals surface area contributed by atoms with Crippen LogP contribution in [0.3, 0.4) is 0 Å². The summed E-state index contributed by atoms with van der Waals surface area (Å²) in [5, 5.41) is 15.6. The van der Waals surface area contributed by atoms with Crippen molar-refractivity contribution in [2.45, 2.75) is 33.4 Å². The Morgan fingerprint density at radius 2 is 1.94 bits per heavy atom. The number of benzene rings is 1. The van der Waals surface area contributed by atoms with Gasteiger partial charge in [0.15, 0.2) is 5.82 Å². The smallest absolute Gasteiger partial charge is 0.293 e. The highest BCUT2D eigenvalue weighted by Gasteiger charge is 2.12. The van der Waals surface area contributed by atoms with Gasteiger partial charge in [0.2, 0.25) is 5.91 Å². The first-order valence-corrected chi connectivity index (χ1v) is 9.91. The summed E-state index contributed by atoms with van der Waals surface area (Å²) in [4.78, 5) is 33.5. The molecule has 0 aliphatic carbocycles. The topological polar surface area (TPSA) is 135 Å². The third-order valence-corrected chi connectivity index (χ3v) is 4.93. The van der Waals surface area contributed by atoms with Crippen molar-refractivity contribution >= 4 is 17.5 Å². The second-order valence-electron chi connectivity index (χ2n) is 7.20. The summed E-state index contributed by atoms with van der Waals surface area (Å²) in [6.07, 6.45) is 2.07. The Morgan fingerprint density at radius 3 is 2.68 bits per heavy atom. The van der Waals surface area contributed by atoms with Crippen molar-refractivity contribution in [2.75, 3.05) is 17.6 Å². The molecule has 0 spiro atoms. The molecule has 9 heteroatoms. The minimum absolute atomic E-state index is 0.122. The fourth-order valence-corrected chi connectivity index (χ4v) is 3.12. The Bertz CT molecular complexity index is 1140. The highest BCUT2D eigenvalue weighted by molar-refractivity contribution is 5.75. The number of hydrogen-bond donors (Lipinski definition) is 4. The lowest BCUT2D eigenvalue weighted by Crippen LogP contribution is -2.34. The van der Waals surface area contributed by atoms with Crippen LogP contribution in [0.15, 0.2) is 47.4 Å². The lowest BCUT2D eigenvalue weighted by Gasteiger charge is -2.13. The molecule has 0 radical (unpaired) electrons. The molecule has 0 aliphatic rings. The molecule has 2 aromatic heterocycles. The maximum Gasteiger partial charge on any atom is 0.293 e. The van der Waals surface area contributed by atoms with Gasteiger partial charge >= 0.3 is 0 Å². The summed E-state index contributed by atoms with van der Waals surface area (Å²) in [6.45, 7) is 4.13. The van der Waals surface area contributed by atoms with E-state index >= 15 is 0 Å². The van der Waals surface area contributed by atoms with Crippen molar-refractivity contribution in [1.82, 2.24) is 19.9 Å². The van der Waals surface area contributed by atoms with E-state index in [2.05, 4.69) is 20.6 Å². The van der Waals surface area contributed by atoms with Crippen LogP contribution in [0, 0.1) is 13.8 Å². The molecule has 0 bridgehead atoms. The quantitative estimate of drug-likeness (QED) is 0.432. The molecule has 1 amide bonds. The van der Waals surface area contributed by atoms with E-state index in [9.17, 15) is 14.7 Å². The van der Waals surface area contributed by atoms with Gasteiger partial charge in [0, 0.05) is 30.7 Å². The van der Waals surface area contributed by atoms with Gasteiger partial charge in [0.05, 0.1) is 0 Å². The minimum atomic E-state index is -0.377. The van der Waals surface area contributed by atoms with Gasteiger partial charge in [-0.3, -0.25) is 14.2 Å². The third-order valence-electron chi connectivity index (χ3n) is 4.93. The van der Waals surface area contributed by atoms with E-state index < -0.39 is 0 Å². The van der Waals surface area contributed by atoms with Crippen LogP contribution in [-0.4, -0.2) is 32.1 Å². The predicted octanol–water partition coefficient (Wildman–Crippen LogP) is 1.51. The number of carbonyl (C=O) groups excluding carboxylic acids is 1. The summed E-state index contributed by atoms with van der Waals surface area (Å²) in [7, 11) is 0. The van der Waals surface area contributed by atoms with Crippen molar-refractivity contribution in [1.29, 1.82) is 0 Å². The molecule has 0 atom stereocenters. The van der Waals surface area contributed by atoms with Crippen LogP contribution in [0.2, 0.25) is 0 Å². The number of rotatable bonds is 8. The predicted molar refractivity (Wildman–Crippen MR) is 119 cm³/mol. The van der Waals surface area contributed by atoms with Crippen molar-refractivity contribution in [3.63, 3.8) is 0 Å². The Kier molecular flexibility index (Phi) is 6.86. The van der Waals surface area contributed by atoms with E-state index in [0.717, 1.165) is 16.8 Å². The van der Waals surface area contributed by atoms with Crippen LogP contribution in [0.5, 0.6) is 5.75 Å². The second-order valence-corrected chi connectivity index (χ2v) is 7.20. The van der Waals surface area contributed by atoms with E-state index in [1.54, 1.807) is 31.3 Å². The number of nitrogens with one attached hydrogen (secondary N) is 2. The molecule has 3 aromatic rings. The number of anilines is 2. The Morgan fingerprint density at radius 1 is 1.16 bits per heavy atom. The Balaban J connectivity index is 1.62. The van der Waals surface area contributed by atoms with E-state index in [0.29, 0.717) is 31.0 Å². The third kappa shape index (κ3) is 5.59. The van der Waals surface area contributed by atoms with Crippen molar-refractivity contribution < 1.29 is 9.90 Å². The van der Waals surface area contributed by atoms with E-state index in [1.165, 1.54) is 4.57 Å². The van der Waals surface area contributed by atoms with Crippen LogP contribution in [0.25, 0.3) is 0 Å². The number of para-hydroxylation sites is 1. The largest absolute Gasteiger partial charge is 0.508 e. The molecule has 9 nitrogen and oxygen atoms in total. The summed E-state index contributed by atoms with van der Waals surface area (Å²) >= 11 is 0. The van der Waals surface area contributed by atoms with Gasteiger partial charge in [-0.1, -0.05) is 24.3 Å². The van der Waals surface area contributed by atoms with Gasteiger partial charge in [0.25, 0.3) is 5.56 Å². The normalized spacial score (nSPS) is 10.6. The average Bonchev–Trinajstić information content (AvgIpc) is 2.73. The highest BCUT2D eigenvalue weighted by Crippen LogP contribution is 2.15. The fraction of sp³-hybridized carbons (Fsp3) is 0.273. The average molecular weight is 422 g/mol. The second kappa shape index (κ2) is 9.75. The van der Waals surface area contributed by atoms with Crippen LogP contribution in [0.1, 0.15) is 22.5 Å². The van der Waals surface area contributed by atoms with Gasteiger partial charge in [-0.2, -0.15) is 0 Å². The summed E-state index contributed by atoms with van der Waals surface area (Å²) in [5.74, 6) is 0.496. The molecule has 1 aromatic carbocycles.